The Balaban J connectivity index is 3.01. The van der Waals surface area contributed by atoms with Gasteiger partial charge in [-0.1, -0.05) is 6.07 Å². The molecule has 1 rings (SSSR count). The first-order valence-electron chi connectivity index (χ1n) is 5.09. The molecule has 96 valence electrons. The summed E-state index contributed by atoms with van der Waals surface area (Å²) in [6.07, 6.45) is 2.20. The minimum absolute atomic E-state index is 0.142. The third kappa shape index (κ3) is 3.99. The van der Waals surface area contributed by atoms with Crippen molar-refractivity contribution in [3.8, 4) is 0 Å². The molecule has 0 fully saturated rings. The number of rotatable bonds is 4. The Bertz CT molecular complexity index is 498. The number of nitrogens with zero attached hydrogens (tertiary/aromatic N) is 1. The number of carbonyl (C=O) groups excluding carboxylic acids is 1. The number of carbonyl (C=O) groups is 2. The molecular formula is C12H13FN2O3. The number of hydrogen-bond donors (Lipinski definition) is 2. The minimum Gasteiger partial charge on any atom is -0.478 e. The molecule has 0 aliphatic carbocycles. The van der Waals surface area contributed by atoms with Crippen LogP contribution < -0.4 is 5.43 Å². The largest absolute Gasteiger partial charge is 0.478 e. The molecule has 1 aromatic carbocycles. The van der Waals surface area contributed by atoms with Gasteiger partial charge in [0, 0.05) is 20.2 Å². The molecule has 0 heterocycles. The highest BCUT2D eigenvalue weighted by Gasteiger charge is 2.12. The molecule has 0 aromatic heterocycles. The fraction of sp³-hybridized carbons (Fsp3) is 0.167. The van der Waals surface area contributed by atoms with Crippen LogP contribution in [-0.2, 0) is 4.79 Å². The van der Waals surface area contributed by atoms with Crippen molar-refractivity contribution < 1.29 is 19.1 Å². The predicted octanol–water partition coefficient (Wildman–Crippen LogP) is 1.13. The average Bonchev–Trinajstić information content (AvgIpc) is 2.26. The van der Waals surface area contributed by atoms with Crippen LogP contribution >= 0.6 is 0 Å². The molecule has 1 aromatic rings. The summed E-state index contributed by atoms with van der Waals surface area (Å²) in [4.78, 5) is 22.0. The van der Waals surface area contributed by atoms with Crippen molar-refractivity contribution in [2.45, 2.75) is 0 Å². The van der Waals surface area contributed by atoms with E-state index in [9.17, 15) is 14.0 Å². The monoisotopic (exact) mass is 252 g/mol. The lowest BCUT2D eigenvalue weighted by Gasteiger charge is -2.12. The van der Waals surface area contributed by atoms with Crippen LogP contribution in [0.5, 0.6) is 0 Å². The van der Waals surface area contributed by atoms with Gasteiger partial charge in [0.05, 0.1) is 5.56 Å². The van der Waals surface area contributed by atoms with Gasteiger partial charge in [0.1, 0.15) is 5.82 Å². The van der Waals surface area contributed by atoms with Crippen LogP contribution in [0.15, 0.2) is 24.3 Å². The van der Waals surface area contributed by atoms with Crippen LogP contribution in [0.1, 0.15) is 15.9 Å². The summed E-state index contributed by atoms with van der Waals surface area (Å²) in [6.45, 7) is 0. The quantitative estimate of drug-likeness (QED) is 0.622. The normalized spacial score (nSPS) is 10.9. The lowest BCUT2D eigenvalue weighted by atomic mass is 10.1. The number of hydrazine groups is 1. The second-order valence-electron chi connectivity index (χ2n) is 3.75. The number of aliphatic carboxylic acids is 1. The maximum absolute atomic E-state index is 13.4. The van der Waals surface area contributed by atoms with E-state index in [1.54, 1.807) is 14.1 Å². The van der Waals surface area contributed by atoms with Gasteiger partial charge in [-0.05, 0) is 23.8 Å². The fourth-order valence-corrected chi connectivity index (χ4v) is 1.25. The number of benzene rings is 1. The van der Waals surface area contributed by atoms with E-state index in [4.69, 9.17) is 5.11 Å². The number of halogens is 1. The molecule has 0 atom stereocenters. The smallest absolute Gasteiger partial charge is 0.328 e. The molecular weight excluding hydrogens is 239 g/mol. The van der Waals surface area contributed by atoms with Gasteiger partial charge in [-0.15, -0.1) is 0 Å². The topological polar surface area (TPSA) is 69.6 Å². The Labute approximate surface area is 103 Å². The van der Waals surface area contributed by atoms with E-state index < -0.39 is 17.7 Å². The Hall–Kier alpha value is -2.21. The van der Waals surface area contributed by atoms with Crippen LogP contribution in [0.4, 0.5) is 4.39 Å². The van der Waals surface area contributed by atoms with Crippen molar-refractivity contribution in [2.24, 2.45) is 0 Å². The lowest BCUT2D eigenvalue weighted by Crippen LogP contribution is -2.36. The van der Waals surface area contributed by atoms with E-state index >= 15 is 0 Å². The third-order valence-electron chi connectivity index (χ3n) is 1.98. The van der Waals surface area contributed by atoms with E-state index in [1.165, 1.54) is 23.2 Å². The van der Waals surface area contributed by atoms with Crippen LogP contribution in [0.3, 0.4) is 0 Å². The standard InChI is InChI=1S/C12H13FN2O3/c1-15(2)14-12(18)9-7-8(3-5-10(9)13)4-6-11(16)17/h3-7H,1-2H3,(H,14,18)(H,16,17)/b6-4+. The zero-order valence-corrected chi connectivity index (χ0v) is 9.98. The van der Waals surface area contributed by atoms with Crippen molar-refractivity contribution in [3.63, 3.8) is 0 Å². The summed E-state index contributed by atoms with van der Waals surface area (Å²) in [7, 11) is 3.20. The highest BCUT2D eigenvalue weighted by molar-refractivity contribution is 5.95. The van der Waals surface area contributed by atoms with E-state index in [-0.39, 0.29) is 5.56 Å². The van der Waals surface area contributed by atoms with Gasteiger partial charge < -0.3 is 5.11 Å². The van der Waals surface area contributed by atoms with Crippen molar-refractivity contribution in [2.75, 3.05) is 14.1 Å². The molecule has 18 heavy (non-hydrogen) atoms. The summed E-state index contributed by atoms with van der Waals surface area (Å²) in [6, 6.07) is 3.79. The first kappa shape index (κ1) is 13.9. The highest BCUT2D eigenvalue weighted by Crippen LogP contribution is 2.12. The SMILES string of the molecule is CN(C)NC(=O)c1cc(/C=C/C(=O)O)ccc1F. The molecule has 0 saturated carbocycles. The second-order valence-corrected chi connectivity index (χ2v) is 3.75. The first-order chi connectivity index (χ1) is 8.40. The van der Waals surface area contributed by atoms with Crippen molar-refractivity contribution in [1.82, 2.24) is 10.4 Å². The van der Waals surface area contributed by atoms with Gasteiger partial charge in [0.15, 0.2) is 0 Å². The van der Waals surface area contributed by atoms with Crippen molar-refractivity contribution in [1.29, 1.82) is 0 Å². The summed E-state index contributed by atoms with van der Waals surface area (Å²) in [5.41, 5.74) is 2.70. The molecule has 5 nitrogen and oxygen atoms in total. The maximum Gasteiger partial charge on any atom is 0.328 e. The highest BCUT2D eigenvalue weighted by atomic mass is 19.1. The summed E-state index contributed by atoms with van der Waals surface area (Å²) in [5, 5.41) is 9.87. The van der Waals surface area contributed by atoms with Crippen LogP contribution in [0.2, 0.25) is 0 Å². The molecule has 0 bridgehead atoms. The van der Waals surface area contributed by atoms with Gasteiger partial charge in [0.25, 0.3) is 5.91 Å². The van der Waals surface area contributed by atoms with Crippen LogP contribution in [0.25, 0.3) is 6.08 Å². The summed E-state index contributed by atoms with van der Waals surface area (Å²) >= 11 is 0. The summed E-state index contributed by atoms with van der Waals surface area (Å²) in [5.74, 6) is -2.37. The summed E-state index contributed by atoms with van der Waals surface area (Å²) < 4.78 is 13.4. The van der Waals surface area contributed by atoms with E-state index in [2.05, 4.69) is 5.43 Å². The second kappa shape index (κ2) is 5.92. The molecule has 1 amide bonds. The van der Waals surface area contributed by atoms with Gasteiger partial charge in [-0.25, -0.2) is 14.2 Å². The Morgan fingerprint density at radius 3 is 2.61 bits per heavy atom. The van der Waals surface area contributed by atoms with E-state index in [0.29, 0.717) is 5.56 Å². The van der Waals surface area contributed by atoms with Crippen LogP contribution in [-0.4, -0.2) is 36.1 Å². The van der Waals surface area contributed by atoms with Gasteiger partial charge in [-0.2, -0.15) is 0 Å². The van der Waals surface area contributed by atoms with Crippen LogP contribution in [0, 0.1) is 5.82 Å². The zero-order valence-electron chi connectivity index (χ0n) is 9.98. The molecule has 0 radical (unpaired) electrons. The molecule has 0 aliphatic heterocycles. The maximum atomic E-state index is 13.4. The van der Waals surface area contributed by atoms with E-state index in [1.807, 2.05) is 0 Å². The molecule has 0 spiro atoms. The number of amides is 1. The first-order valence-corrected chi connectivity index (χ1v) is 5.09. The average molecular weight is 252 g/mol. The minimum atomic E-state index is -1.11. The van der Waals surface area contributed by atoms with Gasteiger partial charge >= 0.3 is 5.97 Å². The number of hydrogen-bond acceptors (Lipinski definition) is 3. The molecule has 0 aliphatic rings. The predicted molar refractivity (Wildman–Crippen MR) is 64.2 cm³/mol. The Morgan fingerprint density at radius 1 is 1.39 bits per heavy atom. The number of nitrogens with one attached hydrogen (secondary N) is 1. The molecule has 0 saturated heterocycles. The zero-order chi connectivity index (χ0) is 13.7. The Kier molecular flexibility index (Phi) is 4.56. The number of carboxylic acids is 1. The van der Waals surface area contributed by atoms with Crippen molar-refractivity contribution in [3.05, 3.63) is 41.2 Å². The van der Waals surface area contributed by atoms with Crippen molar-refractivity contribution >= 4 is 18.0 Å². The lowest BCUT2D eigenvalue weighted by molar-refractivity contribution is -0.131. The Morgan fingerprint density at radius 2 is 2.06 bits per heavy atom. The number of carboxylic acid groups (broad SMARTS) is 1. The molecule has 0 unspecified atom stereocenters. The van der Waals surface area contributed by atoms with Gasteiger partial charge in [-0.3, -0.25) is 10.2 Å². The fourth-order valence-electron chi connectivity index (χ4n) is 1.25. The molecule has 2 N–H and O–H groups in total. The third-order valence-corrected chi connectivity index (χ3v) is 1.98. The molecule has 6 heteroatoms. The van der Waals surface area contributed by atoms with Gasteiger partial charge in [0.2, 0.25) is 0 Å². The van der Waals surface area contributed by atoms with E-state index in [0.717, 1.165) is 12.1 Å².